The molecule has 1 saturated heterocycles. The molecule has 3 nitrogen and oxygen atoms in total. The third-order valence-electron chi connectivity index (χ3n) is 5.16. The fourth-order valence-electron chi connectivity index (χ4n) is 3.03. The van der Waals surface area contributed by atoms with Gasteiger partial charge in [-0.15, -0.1) is 0 Å². The highest BCUT2D eigenvalue weighted by Gasteiger charge is 2.86. The van der Waals surface area contributed by atoms with Gasteiger partial charge >= 0.3 is 29.9 Å². The molecule has 1 aliphatic heterocycles. The van der Waals surface area contributed by atoms with Gasteiger partial charge in [0.2, 0.25) is 0 Å². The van der Waals surface area contributed by atoms with E-state index in [1.165, 1.54) is 12.1 Å². The van der Waals surface area contributed by atoms with Crippen LogP contribution in [0.15, 0.2) is 29.2 Å². The van der Waals surface area contributed by atoms with E-state index in [1.807, 2.05) is 0 Å². The highest BCUT2D eigenvalue weighted by Crippen LogP contribution is 2.58. The van der Waals surface area contributed by atoms with Crippen molar-refractivity contribution in [1.29, 1.82) is 0 Å². The summed E-state index contributed by atoms with van der Waals surface area (Å²) in [5.74, 6) is -28.5. The maximum absolute atomic E-state index is 14.1. The highest BCUT2D eigenvalue weighted by molar-refractivity contribution is 7.99. The largest absolute Gasteiger partial charge is 0.460 e. The highest BCUT2D eigenvalue weighted by atomic mass is 32.2. The van der Waals surface area contributed by atoms with Crippen molar-refractivity contribution >= 4 is 21.9 Å². The van der Waals surface area contributed by atoms with E-state index in [0.29, 0.717) is 5.56 Å². The van der Waals surface area contributed by atoms with Gasteiger partial charge in [0.05, 0.1) is 10.5 Å². The zero-order chi connectivity index (χ0) is 26.4. The lowest BCUT2D eigenvalue weighted by atomic mass is 9.90. The van der Waals surface area contributed by atoms with E-state index in [1.54, 1.807) is 6.92 Å². The minimum atomic E-state index is -7.51. The molecule has 1 atom stereocenters. The third kappa shape index (κ3) is 5.13. The van der Waals surface area contributed by atoms with Gasteiger partial charge in [0, 0.05) is 12.2 Å². The molecular formula is C18H17F11O3S2. The molecule has 0 radical (unpaired) electrons. The van der Waals surface area contributed by atoms with Crippen LogP contribution in [0.1, 0.15) is 24.8 Å². The van der Waals surface area contributed by atoms with Crippen LogP contribution < -0.4 is 0 Å². The smallest absolute Gasteiger partial charge is 0.259 e. The van der Waals surface area contributed by atoms with Crippen LogP contribution in [0.3, 0.4) is 0 Å². The molecule has 1 unspecified atom stereocenters. The molecule has 1 aliphatic rings. The second-order valence-corrected chi connectivity index (χ2v) is 10.4. The SMILES string of the molecule is Cc1ccc(S(=O)(=O)OC2(CCC(F)(F)C(F)(F)C(F)(F)C(F)(F)C(F)(F)F)CCSC2)cc1. The number of benzene rings is 1. The van der Waals surface area contributed by atoms with Crippen molar-refractivity contribution in [1.82, 2.24) is 0 Å². The van der Waals surface area contributed by atoms with Crippen LogP contribution in [0.5, 0.6) is 0 Å². The van der Waals surface area contributed by atoms with Crippen molar-refractivity contribution in [2.75, 3.05) is 11.5 Å². The quantitative estimate of drug-likeness (QED) is 0.260. The van der Waals surface area contributed by atoms with Gasteiger partial charge in [-0.25, -0.2) is 0 Å². The van der Waals surface area contributed by atoms with Crippen LogP contribution >= 0.6 is 11.8 Å². The van der Waals surface area contributed by atoms with E-state index < -0.39 is 63.3 Å². The van der Waals surface area contributed by atoms with Crippen LogP contribution in [-0.4, -0.2) is 55.4 Å². The second kappa shape index (κ2) is 8.98. The summed E-state index contributed by atoms with van der Waals surface area (Å²) in [6, 6.07) is 4.93. The first-order valence-electron chi connectivity index (χ1n) is 9.30. The summed E-state index contributed by atoms with van der Waals surface area (Å²) >= 11 is 0.952. The Balaban J connectivity index is 2.31. The lowest BCUT2D eigenvalue weighted by Crippen LogP contribution is -2.66. The zero-order valence-corrected chi connectivity index (χ0v) is 18.7. The second-order valence-electron chi connectivity index (χ2n) is 7.76. The predicted molar refractivity (Wildman–Crippen MR) is 99.2 cm³/mol. The molecule has 0 bridgehead atoms. The predicted octanol–water partition coefficient (Wildman–Crippen LogP) is 6.46. The number of thioether (sulfide) groups is 1. The summed E-state index contributed by atoms with van der Waals surface area (Å²) in [6.45, 7) is 1.62. The molecule has 1 fully saturated rings. The molecule has 0 aliphatic carbocycles. The molecule has 34 heavy (non-hydrogen) atoms. The minimum absolute atomic E-state index is 0.0910. The van der Waals surface area contributed by atoms with Crippen LogP contribution in [0, 0.1) is 6.92 Å². The summed E-state index contributed by atoms with van der Waals surface area (Å²) in [5, 5.41) is 0. The van der Waals surface area contributed by atoms with Gasteiger partial charge in [-0.3, -0.25) is 4.18 Å². The minimum Gasteiger partial charge on any atom is -0.259 e. The Labute approximate surface area is 191 Å². The first-order chi connectivity index (χ1) is 15.1. The number of aryl methyl sites for hydroxylation is 1. The molecule has 2 rings (SSSR count). The van der Waals surface area contributed by atoms with E-state index in [0.717, 1.165) is 23.9 Å². The summed E-state index contributed by atoms with van der Waals surface area (Å²) < 4.78 is 175. The standard InChI is InChI=1S/C18H17F11O3S2/c1-11-2-4-12(5-3-11)34(30,31)32-13(8-9-33-10-13)6-7-14(19,20)15(21,22)16(23,24)17(25,26)18(27,28)29/h2-5H,6-10H2,1H3. The number of halogens is 11. The monoisotopic (exact) mass is 554 g/mol. The Morgan fingerprint density at radius 2 is 1.41 bits per heavy atom. The first kappa shape index (κ1) is 28.9. The first-order valence-corrected chi connectivity index (χ1v) is 11.9. The molecule has 0 amide bonds. The van der Waals surface area contributed by atoms with Crippen LogP contribution in [0.25, 0.3) is 0 Å². The maximum Gasteiger partial charge on any atom is 0.460 e. The fourth-order valence-corrected chi connectivity index (χ4v) is 5.74. The van der Waals surface area contributed by atoms with Gasteiger partial charge in [0.1, 0.15) is 0 Å². The number of rotatable bonds is 9. The van der Waals surface area contributed by atoms with Crippen LogP contribution in [0.4, 0.5) is 48.3 Å². The van der Waals surface area contributed by atoms with Crippen molar-refractivity contribution in [2.45, 2.75) is 66.5 Å². The van der Waals surface area contributed by atoms with Crippen molar-refractivity contribution in [2.24, 2.45) is 0 Å². The van der Waals surface area contributed by atoms with Crippen molar-refractivity contribution < 1.29 is 60.9 Å². The van der Waals surface area contributed by atoms with E-state index in [9.17, 15) is 56.7 Å². The topological polar surface area (TPSA) is 43.4 Å². The number of hydrogen-bond donors (Lipinski definition) is 0. The summed E-state index contributed by atoms with van der Waals surface area (Å²) in [4.78, 5) is -0.428. The molecule has 1 heterocycles. The average molecular weight is 554 g/mol. The van der Waals surface area contributed by atoms with Crippen molar-refractivity contribution in [3.8, 4) is 0 Å². The summed E-state index contributed by atoms with van der Waals surface area (Å²) in [7, 11) is -4.66. The molecular weight excluding hydrogens is 537 g/mol. The van der Waals surface area contributed by atoms with Gasteiger partial charge in [-0.2, -0.15) is 68.5 Å². The molecule has 0 N–H and O–H groups in total. The molecule has 0 aromatic heterocycles. The molecule has 0 spiro atoms. The Hall–Kier alpha value is -1.29. The lowest BCUT2D eigenvalue weighted by molar-refractivity contribution is -0.422. The van der Waals surface area contributed by atoms with E-state index >= 15 is 0 Å². The zero-order valence-electron chi connectivity index (χ0n) is 17.0. The normalized spacial score (nSPS) is 21.2. The number of alkyl halides is 11. The van der Waals surface area contributed by atoms with Crippen LogP contribution in [-0.2, 0) is 14.3 Å². The third-order valence-corrected chi connectivity index (χ3v) is 7.81. The lowest BCUT2D eigenvalue weighted by Gasteiger charge is -2.38. The average Bonchev–Trinajstić information content (AvgIpc) is 3.13. The summed E-state index contributed by atoms with van der Waals surface area (Å²) in [5.41, 5.74) is -1.46. The van der Waals surface area contributed by atoms with E-state index in [-0.39, 0.29) is 17.9 Å². The Kier molecular flexibility index (Phi) is 7.64. The fraction of sp³-hybridized carbons (Fsp3) is 0.667. The molecule has 1 aromatic carbocycles. The van der Waals surface area contributed by atoms with Gasteiger partial charge < -0.3 is 0 Å². The summed E-state index contributed by atoms with van der Waals surface area (Å²) in [6.07, 6.45) is -11.3. The Morgan fingerprint density at radius 3 is 1.85 bits per heavy atom. The van der Waals surface area contributed by atoms with Gasteiger partial charge in [0.15, 0.2) is 0 Å². The van der Waals surface area contributed by atoms with Gasteiger partial charge in [-0.1, -0.05) is 17.7 Å². The molecule has 1 aromatic rings. The van der Waals surface area contributed by atoms with Crippen molar-refractivity contribution in [3.05, 3.63) is 29.8 Å². The molecule has 0 saturated carbocycles. The van der Waals surface area contributed by atoms with E-state index in [4.69, 9.17) is 4.18 Å². The van der Waals surface area contributed by atoms with Gasteiger partial charge in [-0.05, 0) is 37.7 Å². The molecule has 196 valence electrons. The Morgan fingerprint density at radius 1 is 0.882 bits per heavy atom. The van der Waals surface area contributed by atoms with Crippen molar-refractivity contribution in [3.63, 3.8) is 0 Å². The number of hydrogen-bond acceptors (Lipinski definition) is 4. The van der Waals surface area contributed by atoms with E-state index in [2.05, 4.69) is 0 Å². The van der Waals surface area contributed by atoms with Gasteiger partial charge in [0.25, 0.3) is 10.1 Å². The molecule has 16 heteroatoms. The Bertz CT molecular complexity index is 968. The van der Waals surface area contributed by atoms with Crippen LogP contribution in [0.2, 0.25) is 0 Å². The maximum atomic E-state index is 14.1.